The molecule has 1 fully saturated rings. The monoisotopic (exact) mass is 367 g/mol. The predicted octanol–water partition coefficient (Wildman–Crippen LogP) is 1.52. The van der Waals surface area contributed by atoms with E-state index >= 15 is 0 Å². The highest BCUT2D eigenvalue weighted by Gasteiger charge is 2.28. The zero-order chi connectivity index (χ0) is 13.9. The molecule has 0 saturated carbocycles. The molecule has 1 aromatic rings. The van der Waals surface area contributed by atoms with Crippen molar-refractivity contribution in [1.82, 2.24) is 9.03 Å². The molecule has 5 nitrogen and oxygen atoms in total. The summed E-state index contributed by atoms with van der Waals surface area (Å²) >= 11 is 4.93. The average molecular weight is 368 g/mol. The number of nitrogens with zero attached hydrogens (tertiary/aromatic N) is 1. The molecule has 19 heavy (non-hydrogen) atoms. The minimum absolute atomic E-state index is 0.277. The summed E-state index contributed by atoms with van der Waals surface area (Å²) in [7, 11) is -3.41. The van der Waals surface area contributed by atoms with Crippen molar-refractivity contribution >= 4 is 37.5 Å². The molecule has 0 aromatic carbocycles. The van der Waals surface area contributed by atoms with Gasteiger partial charge in [0.05, 0.1) is 0 Å². The van der Waals surface area contributed by atoms with Crippen molar-refractivity contribution in [2.75, 3.05) is 19.6 Å². The van der Waals surface area contributed by atoms with Crippen LogP contribution in [0.3, 0.4) is 0 Å². The van der Waals surface area contributed by atoms with Gasteiger partial charge in [0.1, 0.15) is 0 Å². The Bertz CT molecular complexity index is 518. The van der Waals surface area contributed by atoms with E-state index in [1.54, 1.807) is 0 Å². The molecule has 0 aliphatic carbocycles. The average Bonchev–Trinajstić information content (AvgIpc) is 2.82. The molecule has 1 aliphatic rings. The van der Waals surface area contributed by atoms with E-state index in [0.717, 1.165) is 22.2 Å². The van der Waals surface area contributed by atoms with Crippen molar-refractivity contribution < 1.29 is 8.42 Å². The maximum atomic E-state index is 12.2. The first-order valence-electron chi connectivity index (χ1n) is 6.19. The zero-order valence-corrected chi connectivity index (χ0v) is 13.7. The first-order valence-corrected chi connectivity index (χ1v) is 9.31. The standard InChI is InChI=1S/C11H18BrN3O2S2/c12-10-3-5-18-11(10)7-14-19(16,17)15-4-1-2-9(6-13)8-15/h3,5,9,14H,1-2,4,6-8,13H2. The van der Waals surface area contributed by atoms with Gasteiger partial charge in [0.2, 0.25) is 0 Å². The number of thiophene rings is 1. The van der Waals surface area contributed by atoms with Crippen molar-refractivity contribution in [3.8, 4) is 0 Å². The summed E-state index contributed by atoms with van der Waals surface area (Å²) in [6.45, 7) is 1.97. The Hall–Kier alpha value is 0.01000. The van der Waals surface area contributed by atoms with Gasteiger partial charge in [-0.25, -0.2) is 0 Å². The number of rotatable bonds is 5. The maximum absolute atomic E-state index is 12.2. The lowest BCUT2D eigenvalue weighted by atomic mass is 10.0. The number of piperidine rings is 1. The number of hydrogen-bond donors (Lipinski definition) is 2. The summed E-state index contributed by atoms with van der Waals surface area (Å²) in [5.74, 6) is 0.277. The molecular formula is C11H18BrN3O2S2. The molecule has 0 amide bonds. The third-order valence-electron chi connectivity index (χ3n) is 3.26. The van der Waals surface area contributed by atoms with Gasteiger partial charge < -0.3 is 5.73 Å². The molecule has 0 bridgehead atoms. The Morgan fingerprint density at radius 3 is 3.00 bits per heavy atom. The molecule has 0 radical (unpaired) electrons. The molecular weight excluding hydrogens is 350 g/mol. The Balaban J connectivity index is 1.96. The van der Waals surface area contributed by atoms with Crippen LogP contribution in [-0.2, 0) is 16.8 Å². The van der Waals surface area contributed by atoms with Crippen LogP contribution in [0.2, 0.25) is 0 Å². The molecule has 2 heterocycles. The Morgan fingerprint density at radius 2 is 2.37 bits per heavy atom. The lowest BCUT2D eigenvalue weighted by Crippen LogP contribution is -2.46. The topological polar surface area (TPSA) is 75.4 Å². The van der Waals surface area contributed by atoms with Crippen LogP contribution in [0.15, 0.2) is 15.9 Å². The Labute approximate surface area is 126 Å². The fourth-order valence-corrected chi connectivity index (χ4v) is 4.95. The summed E-state index contributed by atoms with van der Waals surface area (Å²) in [6, 6.07) is 1.92. The smallest absolute Gasteiger partial charge is 0.279 e. The van der Waals surface area contributed by atoms with Crippen LogP contribution in [0.5, 0.6) is 0 Å². The van der Waals surface area contributed by atoms with E-state index in [0.29, 0.717) is 26.2 Å². The lowest BCUT2D eigenvalue weighted by molar-refractivity contribution is 0.268. The number of nitrogens with two attached hydrogens (primary N) is 1. The van der Waals surface area contributed by atoms with Crippen LogP contribution in [0, 0.1) is 5.92 Å². The summed E-state index contributed by atoms with van der Waals surface area (Å²) in [5.41, 5.74) is 5.63. The molecule has 1 unspecified atom stereocenters. The van der Waals surface area contributed by atoms with Crippen LogP contribution >= 0.6 is 27.3 Å². The highest BCUT2D eigenvalue weighted by Crippen LogP contribution is 2.23. The van der Waals surface area contributed by atoms with Gasteiger partial charge in [-0.1, -0.05) is 0 Å². The van der Waals surface area contributed by atoms with Crippen molar-refractivity contribution in [2.24, 2.45) is 11.7 Å². The third-order valence-corrected chi connectivity index (χ3v) is 6.71. The van der Waals surface area contributed by atoms with Crippen molar-refractivity contribution in [1.29, 1.82) is 0 Å². The Morgan fingerprint density at radius 1 is 1.58 bits per heavy atom. The molecule has 108 valence electrons. The summed E-state index contributed by atoms with van der Waals surface area (Å²) < 4.78 is 29.5. The van der Waals surface area contributed by atoms with Gasteiger partial charge in [0.25, 0.3) is 10.2 Å². The first kappa shape index (κ1) is 15.4. The minimum Gasteiger partial charge on any atom is -0.330 e. The van der Waals surface area contributed by atoms with Crippen molar-refractivity contribution in [2.45, 2.75) is 19.4 Å². The molecule has 0 spiro atoms. The summed E-state index contributed by atoms with van der Waals surface area (Å²) in [6.07, 6.45) is 1.89. The van der Waals surface area contributed by atoms with Crippen LogP contribution in [0.25, 0.3) is 0 Å². The van der Waals surface area contributed by atoms with E-state index in [9.17, 15) is 8.42 Å². The Kier molecular flexibility index (Phi) is 5.38. The van der Waals surface area contributed by atoms with Gasteiger partial charge in [0, 0.05) is 29.0 Å². The fraction of sp³-hybridized carbons (Fsp3) is 0.636. The number of hydrogen-bond acceptors (Lipinski definition) is 4. The van der Waals surface area contributed by atoms with Gasteiger partial charge in [-0.3, -0.25) is 0 Å². The van der Waals surface area contributed by atoms with Gasteiger partial charge in [-0.15, -0.1) is 11.3 Å². The van der Waals surface area contributed by atoms with E-state index in [-0.39, 0.29) is 5.92 Å². The molecule has 1 saturated heterocycles. The summed E-state index contributed by atoms with van der Waals surface area (Å²) in [5, 5.41) is 1.93. The second-order valence-corrected chi connectivity index (χ2v) is 8.23. The van der Waals surface area contributed by atoms with E-state index < -0.39 is 10.2 Å². The normalized spacial score (nSPS) is 21.7. The summed E-state index contributed by atoms with van der Waals surface area (Å²) in [4.78, 5) is 0.982. The second-order valence-electron chi connectivity index (χ2n) is 4.62. The van der Waals surface area contributed by atoms with E-state index in [1.165, 1.54) is 15.6 Å². The fourth-order valence-electron chi connectivity index (χ4n) is 2.14. The molecule has 3 N–H and O–H groups in total. The van der Waals surface area contributed by atoms with E-state index in [4.69, 9.17) is 5.73 Å². The molecule has 8 heteroatoms. The first-order chi connectivity index (χ1) is 9.03. The zero-order valence-electron chi connectivity index (χ0n) is 10.5. The molecule has 1 aromatic heterocycles. The highest BCUT2D eigenvalue weighted by atomic mass is 79.9. The van der Waals surface area contributed by atoms with Crippen LogP contribution < -0.4 is 10.5 Å². The van der Waals surface area contributed by atoms with Gasteiger partial charge in [-0.05, 0) is 52.7 Å². The second kappa shape index (κ2) is 6.64. The molecule has 1 atom stereocenters. The van der Waals surface area contributed by atoms with Crippen molar-refractivity contribution in [3.05, 3.63) is 20.8 Å². The maximum Gasteiger partial charge on any atom is 0.279 e. The molecule has 2 rings (SSSR count). The van der Waals surface area contributed by atoms with Crippen LogP contribution in [0.4, 0.5) is 0 Å². The van der Waals surface area contributed by atoms with Crippen LogP contribution in [-0.4, -0.2) is 32.4 Å². The van der Waals surface area contributed by atoms with E-state index in [1.807, 2.05) is 11.4 Å². The largest absolute Gasteiger partial charge is 0.330 e. The van der Waals surface area contributed by atoms with E-state index in [2.05, 4.69) is 20.7 Å². The predicted molar refractivity (Wildman–Crippen MR) is 81.1 cm³/mol. The third kappa shape index (κ3) is 3.99. The van der Waals surface area contributed by atoms with Gasteiger partial charge in [0.15, 0.2) is 0 Å². The lowest BCUT2D eigenvalue weighted by Gasteiger charge is -2.31. The number of halogens is 1. The van der Waals surface area contributed by atoms with Gasteiger partial charge in [-0.2, -0.15) is 17.4 Å². The SMILES string of the molecule is NCC1CCCN(S(=O)(=O)NCc2sccc2Br)C1. The quantitative estimate of drug-likeness (QED) is 0.828. The molecule has 1 aliphatic heterocycles. The van der Waals surface area contributed by atoms with Crippen molar-refractivity contribution in [3.63, 3.8) is 0 Å². The highest BCUT2D eigenvalue weighted by molar-refractivity contribution is 9.10. The number of nitrogens with one attached hydrogen (secondary N) is 1. The van der Waals surface area contributed by atoms with Crippen LogP contribution in [0.1, 0.15) is 17.7 Å². The van der Waals surface area contributed by atoms with Gasteiger partial charge >= 0.3 is 0 Å². The minimum atomic E-state index is -3.41.